The molecule has 0 spiro atoms. The molecule has 6 heteroatoms. The molecule has 20 heavy (non-hydrogen) atoms. The summed E-state index contributed by atoms with van der Waals surface area (Å²) in [5, 5.41) is 3.31. The highest BCUT2D eigenvalue weighted by Crippen LogP contribution is 2.15. The van der Waals surface area contributed by atoms with E-state index in [1.54, 1.807) is 4.90 Å². The van der Waals surface area contributed by atoms with E-state index in [-0.39, 0.29) is 12.1 Å². The highest BCUT2D eigenvalue weighted by Gasteiger charge is 2.26. The van der Waals surface area contributed by atoms with Crippen molar-refractivity contribution in [1.29, 1.82) is 0 Å². The van der Waals surface area contributed by atoms with Crippen molar-refractivity contribution in [3.63, 3.8) is 0 Å². The second-order valence-electron chi connectivity index (χ2n) is 6.02. The first-order chi connectivity index (χ1) is 9.31. The molecule has 0 aromatic rings. The Kier molecular flexibility index (Phi) is 6.26. The van der Waals surface area contributed by atoms with E-state index in [9.17, 15) is 9.59 Å². The van der Waals surface area contributed by atoms with Crippen LogP contribution >= 0.6 is 0 Å². The lowest BCUT2D eigenvalue weighted by atomic mass is 10.1. The van der Waals surface area contributed by atoms with Gasteiger partial charge in [0.25, 0.3) is 0 Å². The SMILES string of the molecule is COC(=O)CCNC1CCN(C(=O)OC(C)(C)C)CC1. The highest BCUT2D eigenvalue weighted by molar-refractivity contribution is 5.69. The number of rotatable bonds is 4. The van der Waals surface area contributed by atoms with Gasteiger partial charge in [0.05, 0.1) is 13.5 Å². The number of carbonyl (C=O) groups excluding carboxylic acids is 2. The molecule has 0 aliphatic carbocycles. The minimum Gasteiger partial charge on any atom is -0.469 e. The van der Waals surface area contributed by atoms with E-state index in [1.807, 2.05) is 20.8 Å². The highest BCUT2D eigenvalue weighted by atomic mass is 16.6. The number of hydrogen-bond acceptors (Lipinski definition) is 5. The van der Waals surface area contributed by atoms with Crippen molar-refractivity contribution >= 4 is 12.1 Å². The van der Waals surface area contributed by atoms with Crippen molar-refractivity contribution in [3.8, 4) is 0 Å². The van der Waals surface area contributed by atoms with E-state index < -0.39 is 5.60 Å². The van der Waals surface area contributed by atoms with Crippen LogP contribution < -0.4 is 5.32 Å². The first-order valence-electron chi connectivity index (χ1n) is 7.10. The molecular weight excluding hydrogens is 260 g/mol. The monoisotopic (exact) mass is 286 g/mol. The Morgan fingerprint density at radius 3 is 2.35 bits per heavy atom. The fourth-order valence-corrected chi connectivity index (χ4v) is 2.07. The molecule has 1 fully saturated rings. The van der Waals surface area contributed by atoms with Gasteiger partial charge in [-0.25, -0.2) is 4.79 Å². The van der Waals surface area contributed by atoms with Gasteiger partial charge in [-0.2, -0.15) is 0 Å². The molecule has 0 atom stereocenters. The number of ether oxygens (including phenoxy) is 2. The standard InChI is InChI=1S/C14H26N2O4/c1-14(2,3)20-13(18)16-9-6-11(7-10-16)15-8-5-12(17)19-4/h11,15H,5-10H2,1-4H3. The van der Waals surface area contributed by atoms with E-state index in [0.29, 0.717) is 32.1 Å². The summed E-state index contributed by atoms with van der Waals surface area (Å²) < 4.78 is 9.93. The van der Waals surface area contributed by atoms with Crippen molar-refractivity contribution in [3.05, 3.63) is 0 Å². The summed E-state index contributed by atoms with van der Waals surface area (Å²) in [5.74, 6) is -0.205. The van der Waals surface area contributed by atoms with Crippen molar-refractivity contribution in [2.45, 2.75) is 51.7 Å². The minimum absolute atomic E-state index is 0.205. The first kappa shape index (κ1) is 16.8. The average Bonchev–Trinajstić information content (AvgIpc) is 2.37. The van der Waals surface area contributed by atoms with Crippen LogP contribution in [0.5, 0.6) is 0 Å². The molecule has 1 aliphatic rings. The van der Waals surface area contributed by atoms with E-state index in [0.717, 1.165) is 12.8 Å². The quantitative estimate of drug-likeness (QED) is 0.794. The second kappa shape index (κ2) is 7.47. The van der Waals surface area contributed by atoms with Gasteiger partial charge in [0.1, 0.15) is 5.60 Å². The molecule has 1 N–H and O–H groups in total. The average molecular weight is 286 g/mol. The number of carbonyl (C=O) groups is 2. The summed E-state index contributed by atoms with van der Waals surface area (Å²) in [6.45, 7) is 7.59. The Morgan fingerprint density at radius 2 is 1.85 bits per heavy atom. The lowest BCUT2D eigenvalue weighted by Gasteiger charge is -2.33. The van der Waals surface area contributed by atoms with Gasteiger partial charge in [0.15, 0.2) is 0 Å². The van der Waals surface area contributed by atoms with Crippen molar-refractivity contribution < 1.29 is 19.1 Å². The van der Waals surface area contributed by atoms with Crippen LogP contribution in [0.1, 0.15) is 40.0 Å². The molecule has 1 amide bonds. The zero-order valence-corrected chi connectivity index (χ0v) is 12.9. The number of nitrogens with zero attached hydrogens (tertiary/aromatic N) is 1. The lowest BCUT2D eigenvalue weighted by molar-refractivity contribution is -0.140. The summed E-state index contributed by atoms with van der Waals surface area (Å²) in [4.78, 5) is 24.6. The summed E-state index contributed by atoms with van der Waals surface area (Å²) in [5.41, 5.74) is -0.452. The Hall–Kier alpha value is -1.30. The van der Waals surface area contributed by atoms with Gasteiger partial charge < -0.3 is 19.7 Å². The van der Waals surface area contributed by atoms with Crippen LogP contribution in [0.25, 0.3) is 0 Å². The third-order valence-electron chi connectivity index (χ3n) is 3.14. The van der Waals surface area contributed by atoms with Gasteiger partial charge in [-0.3, -0.25) is 4.79 Å². The molecular formula is C14H26N2O4. The Balaban J connectivity index is 2.23. The molecule has 116 valence electrons. The van der Waals surface area contributed by atoms with Crippen LogP contribution in [0.3, 0.4) is 0 Å². The van der Waals surface area contributed by atoms with E-state index in [4.69, 9.17) is 4.74 Å². The molecule has 0 saturated carbocycles. The number of piperidine rings is 1. The Labute approximate surface area is 120 Å². The molecule has 0 unspecified atom stereocenters. The summed E-state index contributed by atoms with van der Waals surface area (Å²) in [6, 6.07) is 0.346. The largest absolute Gasteiger partial charge is 0.469 e. The van der Waals surface area contributed by atoms with Crippen molar-refractivity contribution in [1.82, 2.24) is 10.2 Å². The topological polar surface area (TPSA) is 67.9 Å². The Bertz CT molecular complexity index is 331. The summed E-state index contributed by atoms with van der Waals surface area (Å²) in [7, 11) is 1.39. The molecule has 1 saturated heterocycles. The summed E-state index contributed by atoms with van der Waals surface area (Å²) >= 11 is 0. The number of esters is 1. The van der Waals surface area contributed by atoms with Gasteiger partial charge >= 0.3 is 12.1 Å². The maximum atomic E-state index is 11.9. The van der Waals surface area contributed by atoms with Crippen LogP contribution in [0.2, 0.25) is 0 Å². The van der Waals surface area contributed by atoms with Crippen LogP contribution in [-0.2, 0) is 14.3 Å². The summed E-state index contributed by atoms with van der Waals surface area (Å²) in [6.07, 6.45) is 1.88. The number of amides is 1. The molecule has 6 nitrogen and oxygen atoms in total. The lowest BCUT2D eigenvalue weighted by Crippen LogP contribution is -2.46. The fourth-order valence-electron chi connectivity index (χ4n) is 2.07. The Morgan fingerprint density at radius 1 is 1.25 bits per heavy atom. The predicted octanol–water partition coefficient (Wildman–Crippen LogP) is 1.54. The van der Waals surface area contributed by atoms with Crippen LogP contribution in [0, 0.1) is 0 Å². The smallest absolute Gasteiger partial charge is 0.410 e. The van der Waals surface area contributed by atoms with Gasteiger partial charge in [-0.15, -0.1) is 0 Å². The van der Waals surface area contributed by atoms with Gasteiger partial charge in [0.2, 0.25) is 0 Å². The molecule has 1 heterocycles. The minimum atomic E-state index is -0.452. The molecule has 1 rings (SSSR count). The maximum Gasteiger partial charge on any atom is 0.410 e. The van der Waals surface area contributed by atoms with E-state index in [2.05, 4.69) is 10.1 Å². The van der Waals surface area contributed by atoms with Crippen molar-refractivity contribution in [2.24, 2.45) is 0 Å². The number of hydrogen-bond donors (Lipinski definition) is 1. The van der Waals surface area contributed by atoms with Gasteiger partial charge in [0, 0.05) is 25.7 Å². The molecule has 0 bridgehead atoms. The zero-order chi connectivity index (χ0) is 15.2. The second-order valence-corrected chi connectivity index (χ2v) is 6.02. The molecule has 0 aromatic heterocycles. The van der Waals surface area contributed by atoms with Crippen LogP contribution in [0.15, 0.2) is 0 Å². The number of nitrogens with one attached hydrogen (secondary N) is 1. The third kappa shape index (κ3) is 6.23. The van der Waals surface area contributed by atoms with E-state index in [1.165, 1.54) is 7.11 Å². The number of methoxy groups -OCH3 is 1. The third-order valence-corrected chi connectivity index (χ3v) is 3.14. The van der Waals surface area contributed by atoms with E-state index >= 15 is 0 Å². The zero-order valence-electron chi connectivity index (χ0n) is 12.9. The molecule has 1 aliphatic heterocycles. The molecule has 0 aromatic carbocycles. The maximum absolute atomic E-state index is 11.9. The van der Waals surface area contributed by atoms with Crippen molar-refractivity contribution in [2.75, 3.05) is 26.7 Å². The van der Waals surface area contributed by atoms with Gasteiger partial charge in [-0.1, -0.05) is 0 Å². The van der Waals surface area contributed by atoms with Crippen LogP contribution in [0.4, 0.5) is 4.79 Å². The number of likely N-dealkylation sites (tertiary alicyclic amines) is 1. The predicted molar refractivity (Wildman–Crippen MR) is 75.5 cm³/mol. The fraction of sp³-hybridized carbons (Fsp3) is 0.857. The molecule has 0 radical (unpaired) electrons. The van der Waals surface area contributed by atoms with Crippen LogP contribution in [-0.4, -0.2) is 55.3 Å². The normalized spacial score (nSPS) is 16.9. The first-order valence-corrected chi connectivity index (χ1v) is 7.10. The van der Waals surface area contributed by atoms with Gasteiger partial charge in [-0.05, 0) is 33.6 Å².